The van der Waals surface area contributed by atoms with Crippen molar-refractivity contribution in [3.63, 3.8) is 0 Å². The Morgan fingerprint density at radius 1 is 1.32 bits per heavy atom. The summed E-state index contributed by atoms with van der Waals surface area (Å²) < 4.78 is 0. The molecule has 0 atom stereocenters. The number of carbonyl (C=O) groups is 1. The third kappa shape index (κ3) is 3.04. The number of hydrogen-bond donors (Lipinski definition) is 1. The molecule has 1 aromatic carbocycles. The molecule has 0 fully saturated rings. The molecule has 2 aromatic rings. The summed E-state index contributed by atoms with van der Waals surface area (Å²) in [5.41, 5.74) is -0.0727. The summed E-state index contributed by atoms with van der Waals surface area (Å²) in [7, 11) is 0. The molecule has 1 aromatic heterocycles. The predicted molar refractivity (Wildman–Crippen MR) is 75.4 cm³/mol. The summed E-state index contributed by atoms with van der Waals surface area (Å²) in [6, 6.07) is 5.76. The average molecular weight is 317 g/mol. The molecule has 0 aliphatic carbocycles. The Labute approximate surface area is 121 Å². The van der Waals surface area contributed by atoms with Crippen molar-refractivity contribution in [1.82, 2.24) is 0 Å². The van der Waals surface area contributed by atoms with Crippen LogP contribution in [0.15, 0.2) is 29.6 Å². The van der Waals surface area contributed by atoms with Gasteiger partial charge in [-0.3, -0.25) is 14.9 Å². The van der Waals surface area contributed by atoms with Gasteiger partial charge >= 0.3 is 0 Å². The van der Waals surface area contributed by atoms with Crippen molar-refractivity contribution in [3.8, 4) is 0 Å². The van der Waals surface area contributed by atoms with Crippen LogP contribution in [0, 0.1) is 10.1 Å². The number of nitrogens with zero attached hydrogens (tertiary/aromatic N) is 1. The zero-order chi connectivity index (χ0) is 14.0. The highest BCUT2D eigenvalue weighted by Crippen LogP contribution is 2.34. The highest BCUT2D eigenvalue weighted by Gasteiger charge is 2.17. The maximum atomic E-state index is 11.8. The second-order valence-electron chi connectivity index (χ2n) is 3.47. The molecule has 2 rings (SSSR count). The molecule has 0 bridgehead atoms. The number of hydrogen-bond acceptors (Lipinski definition) is 4. The van der Waals surface area contributed by atoms with E-state index in [9.17, 15) is 14.9 Å². The summed E-state index contributed by atoms with van der Waals surface area (Å²) in [6.07, 6.45) is 0. The first kappa shape index (κ1) is 13.8. The summed E-state index contributed by atoms with van der Waals surface area (Å²) in [5.74, 6) is -0.346. The fourth-order valence-corrected chi connectivity index (χ4v) is 2.42. The summed E-state index contributed by atoms with van der Waals surface area (Å²) >= 11 is 12.9. The molecule has 5 nitrogen and oxygen atoms in total. The average Bonchev–Trinajstić information content (AvgIpc) is 2.86. The van der Waals surface area contributed by atoms with E-state index in [1.165, 1.54) is 17.4 Å². The highest BCUT2D eigenvalue weighted by atomic mass is 35.5. The van der Waals surface area contributed by atoms with Gasteiger partial charge in [0.05, 0.1) is 20.5 Å². The summed E-state index contributed by atoms with van der Waals surface area (Å²) in [6.45, 7) is 0. The van der Waals surface area contributed by atoms with Gasteiger partial charge in [0, 0.05) is 6.07 Å². The van der Waals surface area contributed by atoms with Crippen molar-refractivity contribution in [2.75, 3.05) is 5.32 Å². The van der Waals surface area contributed by atoms with E-state index in [1.807, 2.05) is 0 Å². The van der Waals surface area contributed by atoms with E-state index in [2.05, 4.69) is 5.32 Å². The molecule has 0 aliphatic rings. The molecule has 0 radical (unpaired) electrons. The molecular weight excluding hydrogens is 311 g/mol. The maximum Gasteiger partial charge on any atom is 0.289 e. The first-order valence-corrected chi connectivity index (χ1v) is 6.61. The number of nitro benzene ring substituents is 1. The minimum absolute atomic E-state index is 0.0565. The number of benzene rings is 1. The Kier molecular flexibility index (Phi) is 4.04. The van der Waals surface area contributed by atoms with Crippen LogP contribution in [0.4, 0.5) is 11.4 Å². The van der Waals surface area contributed by atoms with Gasteiger partial charge in [-0.1, -0.05) is 29.3 Å². The van der Waals surface area contributed by atoms with Gasteiger partial charge in [0.15, 0.2) is 0 Å². The number of anilines is 1. The van der Waals surface area contributed by atoms with Crippen LogP contribution in [0.2, 0.25) is 10.0 Å². The van der Waals surface area contributed by atoms with Gasteiger partial charge in [0.25, 0.3) is 11.6 Å². The van der Waals surface area contributed by atoms with Crippen LogP contribution in [0.3, 0.4) is 0 Å². The second-order valence-corrected chi connectivity index (χ2v) is 5.23. The van der Waals surface area contributed by atoms with Crippen LogP contribution >= 0.6 is 34.5 Å². The quantitative estimate of drug-likeness (QED) is 0.680. The third-order valence-corrected chi connectivity index (χ3v) is 3.71. The Balaban J connectivity index is 2.29. The van der Waals surface area contributed by atoms with Gasteiger partial charge in [-0.05, 0) is 17.5 Å². The Morgan fingerprint density at radius 3 is 2.63 bits per heavy atom. The molecule has 1 heterocycles. The lowest BCUT2D eigenvalue weighted by Gasteiger charge is -2.06. The fourth-order valence-electron chi connectivity index (χ4n) is 1.36. The van der Waals surface area contributed by atoms with Crippen LogP contribution in [-0.4, -0.2) is 10.8 Å². The smallest absolute Gasteiger partial charge is 0.289 e. The van der Waals surface area contributed by atoms with E-state index in [0.29, 0.717) is 4.88 Å². The van der Waals surface area contributed by atoms with Crippen molar-refractivity contribution in [1.29, 1.82) is 0 Å². The lowest BCUT2D eigenvalue weighted by molar-refractivity contribution is -0.384. The highest BCUT2D eigenvalue weighted by molar-refractivity contribution is 7.12. The van der Waals surface area contributed by atoms with Gasteiger partial charge in [-0.25, -0.2) is 0 Å². The van der Waals surface area contributed by atoms with Gasteiger partial charge in [0.2, 0.25) is 0 Å². The molecule has 98 valence electrons. The Bertz CT molecular complexity index is 644. The molecule has 0 aliphatic heterocycles. The number of nitrogens with one attached hydrogen (secondary N) is 1. The third-order valence-electron chi connectivity index (χ3n) is 2.23. The molecule has 1 N–H and O–H groups in total. The first-order valence-electron chi connectivity index (χ1n) is 4.97. The SMILES string of the molecule is O=C(Nc1cc(Cl)c([N+](=O)[O-])cc1Cl)c1cccs1. The van der Waals surface area contributed by atoms with Crippen molar-refractivity contribution in [3.05, 3.63) is 54.7 Å². The number of thiophene rings is 1. The standard InChI is InChI=1S/C11H6Cl2N2O3S/c12-6-5-9(15(17)18)7(13)4-8(6)14-11(16)10-2-1-3-19-10/h1-5H,(H,14,16). The van der Waals surface area contributed by atoms with Gasteiger partial charge < -0.3 is 5.32 Å². The van der Waals surface area contributed by atoms with E-state index in [0.717, 1.165) is 6.07 Å². The van der Waals surface area contributed by atoms with Crippen LogP contribution in [0.5, 0.6) is 0 Å². The Morgan fingerprint density at radius 2 is 2.05 bits per heavy atom. The first-order chi connectivity index (χ1) is 8.99. The van der Waals surface area contributed by atoms with E-state index < -0.39 is 4.92 Å². The molecule has 0 saturated carbocycles. The van der Waals surface area contributed by atoms with Gasteiger partial charge in [-0.2, -0.15) is 0 Å². The molecular formula is C11H6Cl2N2O3S. The normalized spacial score (nSPS) is 10.2. The van der Waals surface area contributed by atoms with E-state index in [1.54, 1.807) is 17.5 Å². The summed E-state index contributed by atoms with van der Waals surface area (Å²) in [4.78, 5) is 22.4. The molecule has 0 saturated heterocycles. The number of halogens is 2. The zero-order valence-electron chi connectivity index (χ0n) is 9.22. The number of nitro groups is 1. The Hall–Kier alpha value is -1.63. The van der Waals surface area contributed by atoms with Crippen molar-refractivity contribution < 1.29 is 9.72 Å². The van der Waals surface area contributed by atoms with Crippen LogP contribution < -0.4 is 5.32 Å². The molecule has 19 heavy (non-hydrogen) atoms. The van der Waals surface area contributed by atoms with E-state index >= 15 is 0 Å². The maximum absolute atomic E-state index is 11.8. The van der Waals surface area contributed by atoms with E-state index in [4.69, 9.17) is 23.2 Å². The number of rotatable bonds is 3. The van der Waals surface area contributed by atoms with Crippen molar-refractivity contribution in [2.45, 2.75) is 0 Å². The minimum atomic E-state index is -0.640. The molecule has 8 heteroatoms. The monoisotopic (exact) mass is 316 g/mol. The van der Waals surface area contributed by atoms with Crippen LogP contribution in [0.25, 0.3) is 0 Å². The van der Waals surface area contributed by atoms with E-state index in [-0.39, 0.29) is 27.3 Å². The largest absolute Gasteiger partial charge is 0.320 e. The molecule has 1 amide bonds. The zero-order valence-corrected chi connectivity index (χ0v) is 11.6. The minimum Gasteiger partial charge on any atom is -0.320 e. The number of amides is 1. The fraction of sp³-hybridized carbons (Fsp3) is 0. The van der Waals surface area contributed by atoms with Crippen LogP contribution in [0.1, 0.15) is 9.67 Å². The van der Waals surface area contributed by atoms with Crippen molar-refractivity contribution in [2.24, 2.45) is 0 Å². The lowest BCUT2D eigenvalue weighted by Crippen LogP contribution is -2.10. The topological polar surface area (TPSA) is 72.2 Å². The lowest BCUT2D eigenvalue weighted by atomic mass is 10.2. The molecule has 0 unspecified atom stereocenters. The summed E-state index contributed by atoms with van der Waals surface area (Å²) in [5, 5.41) is 15.0. The molecule has 0 spiro atoms. The van der Waals surface area contributed by atoms with Crippen LogP contribution in [-0.2, 0) is 0 Å². The number of carbonyl (C=O) groups excluding carboxylic acids is 1. The van der Waals surface area contributed by atoms with Crippen molar-refractivity contribution >= 4 is 51.8 Å². The predicted octanol–water partition coefficient (Wildman–Crippen LogP) is 4.22. The van der Waals surface area contributed by atoms with Gasteiger partial charge in [-0.15, -0.1) is 11.3 Å². The van der Waals surface area contributed by atoms with Gasteiger partial charge in [0.1, 0.15) is 5.02 Å². The second kappa shape index (κ2) is 5.56.